The van der Waals surface area contributed by atoms with E-state index in [4.69, 9.17) is 5.11 Å². The van der Waals surface area contributed by atoms with E-state index in [0.717, 1.165) is 5.56 Å². The van der Waals surface area contributed by atoms with Crippen molar-refractivity contribution in [3.05, 3.63) is 52.8 Å². The Morgan fingerprint density at radius 1 is 1.16 bits per heavy atom. The van der Waals surface area contributed by atoms with Gasteiger partial charge in [0, 0.05) is 17.5 Å². The van der Waals surface area contributed by atoms with Crippen molar-refractivity contribution in [1.29, 1.82) is 0 Å². The van der Waals surface area contributed by atoms with Crippen molar-refractivity contribution in [2.75, 3.05) is 5.32 Å². The summed E-state index contributed by atoms with van der Waals surface area (Å²) in [5.74, 6) is -1.40. The third-order valence-electron chi connectivity index (χ3n) is 2.85. The van der Waals surface area contributed by atoms with E-state index in [1.807, 2.05) is 19.1 Å². The maximum atomic E-state index is 12.0. The Balaban J connectivity index is 2.24. The van der Waals surface area contributed by atoms with Crippen LogP contribution in [0.3, 0.4) is 0 Å². The van der Waals surface area contributed by atoms with Crippen molar-refractivity contribution in [3.8, 4) is 0 Å². The average Bonchev–Trinajstić information content (AvgIpc) is 2.71. The summed E-state index contributed by atoms with van der Waals surface area (Å²) in [7, 11) is 0. The predicted molar refractivity (Wildman–Crippen MR) is 71.6 cm³/mol. The Hall–Kier alpha value is -2.56. The van der Waals surface area contributed by atoms with E-state index in [-0.39, 0.29) is 17.2 Å². The molecule has 19 heavy (non-hydrogen) atoms. The number of aryl methyl sites for hydroxylation is 2. The fourth-order valence-corrected chi connectivity index (χ4v) is 1.80. The zero-order valence-electron chi connectivity index (χ0n) is 10.7. The molecule has 1 aromatic carbocycles. The summed E-state index contributed by atoms with van der Waals surface area (Å²) < 4.78 is 0. The van der Waals surface area contributed by atoms with Crippen molar-refractivity contribution in [2.24, 2.45) is 0 Å². The number of anilines is 1. The van der Waals surface area contributed by atoms with E-state index >= 15 is 0 Å². The van der Waals surface area contributed by atoms with Gasteiger partial charge in [-0.2, -0.15) is 0 Å². The first kappa shape index (κ1) is 12.9. The van der Waals surface area contributed by atoms with E-state index in [2.05, 4.69) is 10.3 Å². The molecule has 1 heterocycles. The van der Waals surface area contributed by atoms with Gasteiger partial charge in [0.2, 0.25) is 0 Å². The van der Waals surface area contributed by atoms with E-state index in [1.54, 1.807) is 19.1 Å². The highest BCUT2D eigenvalue weighted by Gasteiger charge is 2.17. The summed E-state index contributed by atoms with van der Waals surface area (Å²) in [5.41, 5.74) is 2.41. The first-order valence-electron chi connectivity index (χ1n) is 5.78. The lowest BCUT2D eigenvalue weighted by atomic mass is 10.1. The standard InChI is InChI=1S/C14H14N2O3/c1-8-3-5-10(6-4-8)13(17)16-11-7-15-9(2)12(11)14(18)19/h3-7,15H,1-2H3,(H,16,17)(H,18,19). The molecule has 0 atom stereocenters. The molecule has 0 saturated carbocycles. The van der Waals surface area contributed by atoms with Gasteiger partial charge in [0.25, 0.3) is 5.91 Å². The van der Waals surface area contributed by atoms with Crippen LogP contribution in [0.4, 0.5) is 5.69 Å². The van der Waals surface area contributed by atoms with Crippen LogP contribution in [0.25, 0.3) is 0 Å². The number of carboxylic acid groups (broad SMARTS) is 1. The third-order valence-corrected chi connectivity index (χ3v) is 2.85. The second kappa shape index (κ2) is 4.97. The number of aromatic nitrogens is 1. The Morgan fingerprint density at radius 3 is 2.37 bits per heavy atom. The van der Waals surface area contributed by atoms with Gasteiger partial charge in [-0.05, 0) is 26.0 Å². The molecule has 0 spiro atoms. The topological polar surface area (TPSA) is 82.2 Å². The van der Waals surface area contributed by atoms with Gasteiger partial charge in [0.1, 0.15) is 5.56 Å². The molecule has 0 unspecified atom stereocenters. The lowest BCUT2D eigenvalue weighted by Crippen LogP contribution is -2.14. The van der Waals surface area contributed by atoms with E-state index in [0.29, 0.717) is 11.3 Å². The fraction of sp³-hybridized carbons (Fsp3) is 0.143. The van der Waals surface area contributed by atoms with Crippen LogP contribution >= 0.6 is 0 Å². The second-order valence-corrected chi connectivity index (χ2v) is 4.33. The van der Waals surface area contributed by atoms with Crippen LogP contribution in [0.1, 0.15) is 32.0 Å². The lowest BCUT2D eigenvalue weighted by molar-refractivity contribution is 0.0697. The summed E-state index contributed by atoms with van der Waals surface area (Å²) in [5, 5.41) is 11.7. The monoisotopic (exact) mass is 258 g/mol. The van der Waals surface area contributed by atoms with E-state index in [1.165, 1.54) is 6.20 Å². The summed E-state index contributed by atoms with van der Waals surface area (Å²) in [6, 6.07) is 7.06. The zero-order chi connectivity index (χ0) is 14.0. The van der Waals surface area contributed by atoms with Crippen LogP contribution in [0.5, 0.6) is 0 Å². The van der Waals surface area contributed by atoms with Gasteiger partial charge in [-0.1, -0.05) is 17.7 Å². The van der Waals surface area contributed by atoms with E-state index in [9.17, 15) is 9.59 Å². The van der Waals surface area contributed by atoms with Crippen LogP contribution in [0.2, 0.25) is 0 Å². The third kappa shape index (κ3) is 2.65. The minimum absolute atomic E-state index is 0.0838. The molecule has 2 rings (SSSR count). The first-order chi connectivity index (χ1) is 8.99. The Labute approximate surface area is 110 Å². The number of rotatable bonds is 3. The van der Waals surface area contributed by atoms with Crippen LogP contribution < -0.4 is 5.32 Å². The quantitative estimate of drug-likeness (QED) is 0.791. The van der Waals surface area contributed by atoms with Gasteiger partial charge in [-0.3, -0.25) is 4.79 Å². The van der Waals surface area contributed by atoms with Crippen molar-refractivity contribution in [3.63, 3.8) is 0 Å². The SMILES string of the molecule is Cc1ccc(C(=O)Nc2c[nH]c(C)c2C(=O)O)cc1. The molecular weight excluding hydrogens is 244 g/mol. The highest BCUT2D eigenvalue weighted by molar-refractivity contribution is 6.08. The van der Waals surface area contributed by atoms with Crippen molar-refractivity contribution in [1.82, 2.24) is 4.98 Å². The van der Waals surface area contributed by atoms with Crippen molar-refractivity contribution >= 4 is 17.6 Å². The van der Waals surface area contributed by atoms with Crippen LogP contribution in [-0.4, -0.2) is 22.0 Å². The van der Waals surface area contributed by atoms with Crippen LogP contribution in [0, 0.1) is 13.8 Å². The number of carboxylic acids is 1. The van der Waals surface area contributed by atoms with Gasteiger partial charge in [0.15, 0.2) is 0 Å². The molecule has 0 bridgehead atoms. The number of carbonyl (C=O) groups is 2. The number of nitrogens with one attached hydrogen (secondary N) is 2. The molecule has 98 valence electrons. The predicted octanol–water partition coefficient (Wildman–Crippen LogP) is 2.58. The molecule has 0 aliphatic rings. The number of hydrogen-bond donors (Lipinski definition) is 3. The molecule has 1 aromatic heterocycles. The first-order valence-corrected chi connectivity index (χ1v) is 5.78. The summed E-state index contributed by atoms with van der Waals surface area (Å²) in [6.45, 7) is 3.57. The average molecular weight is 258 g/mol. The van der Waals surface area contributed by atoms with Gasteiger partial charge < -0.3 is 15.4 Å². The molecule has 0 saturated heterocycles. The summed E-state index contributed by atoms with van der Waals surface area (Å²) in [4.78, 5) is 25.9. The Morgan fingerprint density at radius 2 is 1.79 bits per heavy atom. The van der Waals surface area contributed by atoms with Gasteiger partial charge in [-0.25, -0.2) is 4.79 Å². The van der Waals surface area contributed by atoms with Crippen LogP contribution in [0.15, 0.2) is 30.5 Å². The molecule has 0 radical (unpaired) electrons. The van der Waals surface area contributed by atoms with Crippen LogP contribution in [-0.2, 0) is 0 Å². The normalized spacial score (nSPS) is 10.2. The maximum absolute atomic E-state index is 12.0. The molecule has 2 aromatic rings. The highest BCUT2D eigenvalue weighted by Crippen LogP contribution is 2.20. The molecule has 0 aliphatic carbocycles. The summed E-state index contributed by atoms with van der Waals surface area (Å²) >= 11 is 0. The number of amides is 1. The largest absolute Gasteiger partial charge is 0.478 e. The van der Waals surface area contributed by atoms with Crippen molar-refractivity contribution < 1.29 is 14.7 Å². The molecule has 3 N–H and O–H groups in total. The number of H-pyrrole nitrogens is 1. The molecule has 1 amide bonds. The second-order valence-electron chi connectivity index (χ2n) is 4.33. The maximum Gasteiger partial charge on any atom is 0.339 e. The smallest absolute Gasteiger partial charge is 0.339 e. The molecule has 0 aliphatic heterocycles. The molecule has 5 nitrogen and oxygen atoms in total. The number of aromatic amines is 1. The number of hydrogen-bond acceptors (Lipinski definition) is 2. The van der Waals surface area contributed by atoms with Crippen molar-refractivity contribution in [2.45, 2.75) is 13.8 Å². The van der Waals surface area contributed by atoms with Gasteiger partial charge in [-0.15, -0.1) is 0 Å². The van der Waals surface area contributed by atoms with E-state index < -0.39 is 5.97 Å². The number of benzene rings is 1. The lowest BCUT2D eigenvalue weighted by Gasteiger charge is -2.05. The van der Waals surface area contributed by atoms with Gasteiger partial charge in [0.05, 0.1) is 5.69 Å². The Kier molecular flexibility index (Phi) is 3.37. The van der Waals surface area contributed by atoms with Gasteiger partial charge >= 0.3 is 5.97 Å². The zero-order valence-corrected chi connectivity index (χ0v) is 10.7. The number of aromatic carboxylic acids is 1. The minimum Gasteiger partial charge on any atom is -0.478 e. The molecule has 5 heteroatoms. The minimum atomic E-state index is -1.07. The fourth-order valence-electron chi connectivity index (χ4n) is 1.80. The summed E-state index contributed by atoms with van der Waals surface area (Å²) in [6.07, 6.45) is 1.48. The molecular formula is C14H14N2O3. The molecule has 0 fully saturated rings. The number of carbonyl (C=O) groups excluding carboxylic acids is 1. The Bertz CT molecular complexity index is 627. The highest BCUT2D eigenvalue weighted by atomic mass is 16.4.